The first-order valence-electron chi connectivity index (χ1n) is 18.9. The Morgan fingerprint density at radius 1 is 0.295 bits per heavy atom. The van der Waals surface area contributed by atoms with E-state index in [0.29, 0.717) is 12.8 Å². The maximum absolute atomic E-state index is 11.7. The molecule has 7 heteroatoms. The Labute approximate surface area is 271 Å². The fourth-order valence-corrected chi connectivity index (χ4v) is 5.54. The molecule has 7 nitrogen and oxygen atoms in total. The van der Waals surface area contributed by atoms with Crippen LogP contribution in [-0.4, -0.2) is 18.1 Å². The summed E-state index contributed by atoms with van der Waals surface area (Å²) >= 11 is 0. The summed E-state index contributed by atoms with van der Waals surface area (Å²) in [5, 5.41) is 0. The van der Waals surface area contributed by atoms with Crippen molar-refractivity contribution in [2.45, 2.75) is 219 Å². The van der Waals surface area contributed by atoms with Crippen LogP contribution in [0.15, 0.2) is 0 Å². The summed E-state index contributed by atoms with van der Waals surface area (Å²) in [7, 11) is 0. The van der Waals surface area contributed by atoms with E-state index in [1.165, 1.54) is 154 Å². The average molecular weight is 627 g/mol. The van der Waals surface area contributed by atoms with E-state index in [1.54, 1.807) is 0 Å². The highest BCUT2D eigenvalue weighted by Crippen LogP contribution is 2.15. The van der Waals surface area contributed by atoms with Crippen LogP contribution in [0.2, 0.25) is 0 Å². The van der Waals surface area contributed by atoms with Gasteiger partial charge in [0.1, 0.15) is 0 Å². The number of unbranched alkanes of at least 4 members (excludes halogenated alkanes) is 28. The topological polar surface area (TPSA) is 88.1 Å². The molecule has 0 N–H and O–H groups in total. The van der Waals surface area contributed by atoms with E-state index in [4.69, 9.17) is 0 Å². The van der Waals surface area contributed by atoms with Crippen LogP contribution >= 0.6 is 0 Å². The van der Waals surface area contributed by atoms with Crippen LogP contribution < -0.4 is 0 Å². The molecule has 0 aliphatic rings. The monoisotopic (exact) mass is 627 g/mol. The van der Waals surface area contributed by atoms with E-state index in [-0.39, 0.29) is 12.8 Å². The van der Waals surface area contributed by atoms with Crippen molar-refractivity contribution in [1.82, 2.24) is 0 Å². The van der Waals surface area contributed by atoms with Crippen LogP contribution in [0.5, 0.6) is 0 Å². The van der Waals surface area contributed by atoms with Gasteiger partial charge in [-0.15, -0.1) is 0 Å². The average Bonchev–Trinajstić information content (AvgIpc) is 3.02. The van der Waals surface area contributed by atoms with Gasteiger partial charge in [0, 0.05) is 0 Å². The molecule has 0 aromatic rings. The molecular formula is C37H70O7. The lowest BCUT2D eigenvalue weighted by Gasteiger charge is -2.05. The lowest BCUT2D eigenvalue weighted by molar-refractivity contribution is -0.293. The summed E-state index contributed by atoms with van der Waals surface area (Å²) in [5.74, 6) is -1.28. The summed E-state index contributed by atoms with van der Waals surface area (Å²) in [5.41, 5.74) is 0. The number of carbonyl (C=O) groups is 3. The van der Waals surface area contributed by atoms with Gasteiger partial charge in [-0.05, 0) is 12.8 Å². The predicted octanol–water partition coefficient (Wildman–Crippen LogP) is 12.6. The quantitative estimate of drug-likeness (QED) is 0.0417. The molecule has 0 aromatic heterocycles. The van der Waals surface area contributed by atoms with E-state index in [9.17, 15) is 14.4 Å². The molecule has 0 rings (SSSR count). The minimum atomic E-state index is -1.36. The fraction of sp³-hybridized carbons (Fsp3) is 0.919. The van der Waals surface area contributed by atoms with Crippen LogP contribution in [0.4, 0.5) is 4.79 Å². The molecule has 0 aromatic carbocycles. The van der Waals surface area contributed by atoms with Crippen molar-refractivity contribution in [2.24, 2.45) is 0 Å². The molecule has 0 saturated carbocycles. The van der Waals surface area contributed by atoms with Crippen molar-refractivity contribution >= 4 is 18.1 Å². The number of carbonyl (C=O) groups excluding carboxylic acids is 3. The third-order valence-electron chi connectivity index (χ3n) is 8.37. The standard InChI is InChI=1S/C37H70O7/c1-3-5-7-9-11-13-15-17-19-21-23-25-27-29-31-33-35(38)41-43-37(40)44-42-36(39)34-32-30-28-26-24-22-20-18-16-14-12-10-8-6-4-2/h3-34H2,1-2H3. The molecule has 0 saturated heterocycles. The summed E-state index contributed by atoms with van der Waals surface area (Å²) < 4.78 is 0. The van der Waals surface area contributed by atoms with Crippen molar-refractivity contribution in [3.8, 4) is 0 Å². The van der Waals surface area contributed by atoms with Crippen LogP contribution in [0.3, 0.4) is 0 Å². The Balaban J connectivity index is 3.38. The Morgan fingerprint density at radius 3 is 0.727 bits per heavy atom. The second kappa shape index (κ2) is 35.7. The van der Waals surface area contributed by atoms with Crippen molar-refractivity contribution in [3.05, 3.63) is 0 Å². The molecule has 0 spiro atoms. The van der Waals surface area contributed by atoms with Crippen molar-refractivity contribution in [3.63, 3.8) is 0 Å². The van der Waals surface area contributed by atoms with Crippen molar-refractivity contribution < 1.29 is 33.9 Å². The van der Waals surface area contributed by atoms with Gasteiger partial charge in [0.05, 0.1) is 12.8 Å². The zero-order valence-electron chi connectivity index (χ0n) is 29.0. The van der Waals surface area contributed by atoms with Gasteiger partial charge in [-0.3, -0.25) is 0 Å². The highest BCUT2D eigenvalue weighted by molar-refractivity contribution is 5.71. The van der Waals surface area contributed by atoms with Gasteiger partial charge in [-0.1, -0.05) is 194 Å². The Kier molecular flexibility index (Phi) is 34.2. The second-order valence-corrected chi connectivity index (χ2v) is 12.7. The third-order valence-corrected chi connectivity index (χ3v) is 8.37. The summed E-state index contributed by atoms with van der Waals surface area (Å²) in [4.78, 5) is 52.4. The van der Waals surface area contributed by atoms with Crippen molar-refractivity contribution in [1.29, 1.82) is 0 Å². The smallest absolute Gasteiger partial charge is 0.247 e. The predicted molar refractivity (Wildman–Crippen MR) is 179 cm³/mol. The molecule has 0 radical (unpaired) electrons. The zero-order chi connectivity index (χ0) is 32.2. The molecule has 0 amide bonds. The van der Waals surface area contributed by atoms with Gasteiger partial charge in [0.15, 0.2) is 0 Å². The first kappa shape index (κ1) is 42.2. The summed E-state index contributed by atoms with van der Waals surface area (Å²) in [6, 6.07) is 0. The SMILES string of the molecule is CCCCCCCCCCCCCCCCCC(=O)OOC(=O)OOC(=O)CCCCCCCCCCCCCCCCC. The lowest BCUT2D eigenvalue weighted by atomic mass is 10.0. The van der Waals surface area contributed by atoms with E-state index in [1.807, 2.05) is 0 Å². The number of hydrogen-bond donors (Lipinski definition) is 0. The molecule has 0 aliphatic heterocycles. The van der Waals surface area contributed by atoms with E-state index < -0.39 is 18.1 Å². The molecule has 260 valence electrons. The zero-order valence-corrected chi connectivity index (χ0v) is 29.0. The Bertz CT molecular complexity index is 585. The summed E-state index contributed by atoms with van der Waals surface area (Å²) in [6.07, 6.45) is 36.4. The van der Waals surface area contributed by atoms with E-state index in [2.05, 4.69) is 33.4 Å². The molecule has 0 aliphatic carbocycles. The molecular weight excluding hydrogens is 556 g/mol. The first-order chi connectivity index (χ1) is 21.6. The normalized spacial score (nSPS) is 11.0. The fourth-order valence-electron chi connectivity index (χ4n) is 5.54. The van der Waals surface area contributed by atoms with Gasteiger partial charge in [-0.25, -0.2) is 29.1 Å². The highest BCUT2D eigenvalue weighted by Gasteiger charge is 2.15. The van der Waals surface area contributed by atoms with Crippen LogP contribution in [0.1, 0.15) is 219 Å². The summed E-state index contributed by atoms with van der Waals surface area (Å²) in [6.45, 7) is 4.52. The van der Waals surface area contributed by atoms with Gasteiger partial charge in [0.2, 0.25) is 0 Å². The van der Waals surface area contributed by atoms with Gasteiger partial charge < -0.3 is 0 Å². The van der Waals surface area contributed by atoms with Crippen molar-refractivity contribution in [2.75, 3.05) is 0 Å². The van der Waals surface area contributed by atoms with Gasteiger partial charge >= 0.3 is 18.1 Å². The molecule has 0 fully saturated rings. The molecule has 44 heavy (non-hydrogen) atoms. The minimum absolute atomic E-state index is 0.171. The third kappa shape index (κ3) is 34.7. The number of hydrogen-bond acceptors (Lipinski definition) is 7. The Morgan fingerprint density at radius 2 is 0.500 bits per heavy atom. The molecule has 0 unspecified atom stereocenters. The maximum atomic E-state index is 11.7. The minimum Gasteiger partial charge on any atom is -0.247 e. The van der Waals surface area contributed by atoms with Crippen LogP contribution in [-0.2, 0) is 29.1 Å². The van der Waals surface area contributed by atoms with Crippen LogP contribution in [0, 0.1) is 0 Å². The van der Waals surface area contributed by atoms with Gasteiger partial charge in [-0.2, -0.15) is 4.79 Å². The molecule has 0 bridgehead atoms. The maximum Gasteiger partial charge on any atom is 0.591 e. The Hall–Kier alpha value is -1.79. The largest absolute Gasteiger partial charge is 0.591 e. The van der Waals surface area contributed by atoms with Crippen LogP contribution in [0.25, 0.3) is 0 Å². The second-order valence-electron chi connectivity index (χ2n) is 12.7. The highest BCUT2D eigenvalue weighted by atomic mass is 17.3. The van der Waals surface area contributed by atoms with E-state index >= 15 is 0 Å². The first-order valence-corrected chi connectivity index (χ1v) is 18.9. The lowest BCUT2D eigenvalue weighted by Crippen LogP contribution is -2.15. The van der Waals surface area contributed by atoms with Gasteiger partial charge in [0.25, 0.3) is 0 Å². The molecule has 0 heterocycles. The van der Waals surface area contributed by atoms with E-state index in [0.717, 1.165) is 25.7 Å². The number of rotatable bonds is 32. The molecule has 0 atom stereocenters.